The van der Waals surface area contributed by atoms with Gasteiger partial charge < -0.3 is 0 Å². The minimum Gasteiger partial charge on any atom is -0.248 e. The van der Waals surface area contributed by atoms with Crippen LogP contribution < -0.4 is 0 Å². The summed E-state index contributed by atoms with van der Waals surface area (Å²) in [6.07, 6.45) is 2.23. The molecule has 0 bridgehead atoms. The van der Waals surface area contributed by atoms with Crippen LogP contribution in [0.25, 0.3) is 10.4 Å². The van der Waals surface area contributed by atoms with E-state index in [0.29, 0.717) is 6.42 Å². The lowest BCUT2D eigenvalue weighted by Crippen LogP contribution is -1.74. The van der Waals surface area contributed by atoms with Crippen LogP contribution in [-0.4, -0.2) is 4.98 Å². The van der Waals surface area contributed by atoms with E-state index in [1.807, 2.05) is 6.20 Å². The van der Waals surface area contributed by atoms with Crippen LogP contribution >= 0.6 is 11.3 Å². The van der Waals surface area contributed by atoms with Gasteiger partial charge in [-0.15, -0.1) is 11.3 Å². The van der Waals surface area contributed by atoms with Gasteiger partial charge in [-0.05, 0) is 12.5 Å². The summed E-state index contributed by atoms with van der Waals surface area (Å²) in [5.74, 6) is 0. The van der Waals surface area contributed by atoms with Crippen molar-refractivity contribution < 1.29 is 0 Å². The Labute approximate surface area is 92.8 Å². The van der Waals surface area contributed by atoms with Crippen molar-refractivity contribution in [1.82, 2.24) is 4.98 Å². The quantitative estimate of drug-likeness (QED) is 0.769. The number of aromatic nitrogens is 1. The molecule has 0 unspecified atom stereocenters. The fourth-order valence-corrected chi connectivity index (χ4v) is 2.17. The van der Waals surface area contributed by atoms with Crippen LogP contribution in [0.2, 0.25) is 0 Å². The van der Waals surface area contributed by atoms with Crippen molar-refractivity contribution in [1.29, 1.82) is 5.26 Å². The van der Waals surface area contributed by atoms with E-state index in [9.17, 15) is 0 Å². The molecule has 15 heavy (non-hydrogen) atoms. The van der Waals surface area contributed by atoms with Gasteiger partial charge in [-0.3, -0.25) is 0 Å². The first kappa shape index (κ1) is 9.88. The second-order valence-electron chi connectivity index (χ2n) is 3.32. The summed E-state index contributed by atoms with van der Waals surface area (Å²) in [4.78, 5) is 5.33. The van der Waals surface area contributed by atoms with Crippen LogP contribution in [0.3, 0.4) is 0 Å². The van der Waals surface area contributed by atoms with Crippen LogP contribution in [-0.2, 0) is 6.42 Å². The van der Waals surface area contributed by atoms with E-state index in [0.717, 1.165) is 9.88 Å². The van der Waals surface area contributed by atoms with E-state index in [1.54, 1.807) is 11.3 Å². The molecule has 1 aromatic heterocycles. The molecule has 0 saturated carbocycles. The molecule has 0 N–H and O–H groups in total. The molecule has 0 amide bonds. The van der Waals surface area contributed by atoms with Crippen molar-refractivity contribution in [2.45, 2.75) is 13.3 Å². The summed E-state index contributed by atoms with van der Waals surface area (Å²) in [5.41, 5.74) is 2.42. The number of rotatable bonds is 2. The minimum atomic E-state index is 0.399. The van der Waals surface area contributed by atoms with Crippen LogP contribution in [0, 0.1) is 18.3 Å². The summed E-state index contributed by atoms with van der Waals surface area (Å²) in [7, 11) is 0. The molecule has 0 atom stereocenters. The van der Waals surface area contributed by atoms with Gasteiger partial charge in [-0.2, -0.15) is 5.26 Å². The van der Waals surface area contributed by atoms with Crippen LogP contribution in [0.1, 0.15) is 10.6 Å². The van der Waals surface area contributed by atoms with E-state index >= 15 is 0 Å². The van der Waals surface area contributed by atoms with Gasteiger partial charge in [0.15, 0.2) is 0 Å². The largest absolute Gasteiger partial charge is 0.248 e. The SMILES string of the molecule is Cc1ccc(-c2cnc(CC#N)s2)cc1. The highest BCUT2D eigenvalue weighted by molar-refractivity contribution is 7.15. The molecule has 74 valence electrons. The number of benzene rings is 1. The van der Waals surface area contributed by atoms with Gasteiger partial charge in [-0.1, -0.05) is 29.8 Å². The zero-order chi connectivity index (χ0) is 10.7. The summed E-state index contributed by atoms with van der Waals surface area (Å²) in [6.45, 7) is 2.07. The zero-order valence-corrected chi connectivity index (χ0v) is 9.21. The number of nitrogens with zero attached hydrogens (tertiary/aromatic N) is 2. The highest BCUT2D eigenvalue weighted by Crippen LogP contribution is 2.26. The van der Waals surface area contributed by atoms with Crippen molar-refractivity contribution >= 4 is 11.3 Å². The van der Waals surface area contributed by atoms with Crippen molar-refractivity contribution in [2.75, 3.05) is 0 Å². The molecule has 2 rings (SSSR count). The standard InChI is InChI=1S/C12H10N2S/c1-9-2-4-10(5-3-9)11-8-14-12(15-11)6-7-13/h2-5,8H,6H2,1H3. The molecule has 3 heteroatoms. The smallest absolute Gasteiger partial charge is 0.107 e. The number of thiazole rings is 1. The molecule has 1 aromatic carbocycles. The summed E-state index contributed by atoms with van der Waals surface area (Å²) in [5, 5.41) is 9.44. The summed E-state index contributed by atoms with van der Waals surface area (Å²) < 4.78 is 0. The van der Waals surface area contributed by atoms with Crippen LogP contribution in [0.5, 0.6) is 0 Å². The molecule has 0 saturated heterocycles. The minimum absolute atomic E-state index is 0.399. The maximum atomic E-state index is 8.55. The molecular formula is C12H10N2S. The lowest BCUT2D eigenvalue weighted by molar-refractivity contribution is 1.19. The predicted octanol–water partition coefficient (Wildman–Crippen LogP) is 3.18. The molecule has 2 aromatic rings. The number of nitriles is 1. The van der Waals surface area contributed by atoms with E-state index in [2.05, 4.69) is 42.2 Å². The van der Waals surface area contributed by atoms with E-state index < -0.39 is 0 Å². The fraction of sp³-hybridized carbons (Fsp3) is 0.167. The van der Waals surface area contributed by atoms with Gasteiger partial charge in [0, 0.05) is 6.20 Å². The Kier molecular flexibility index (Phi) is 2.79. The van der Waals surface area contributed by atoms with Gasteiger partial charge in [0.2, 0.25) is 0 Å². The third-order valence-electron chi connectivity index (χ3n) is 2.12. The Morgan fingerprint density at radius 2 is 2.07 bits per heavy atom. The van der Waals surface area contributed by atoms with Crippen LogP contribution in [0.15, 0.2) is 30.5 Å². The predicted molar refractivity (Wildman–Crippen MR) is 61.6 cm³/mol. The molecule has 0 aliphatic rings. The maximum absolute atomic E-state index is 8.55. The monoisotopic (exact) mass is 214 g/mol. The third kappa shape index (κ3) is 2.23. The average molecular weight is 214 g/mol. The van der Waals surface area contributed by atoms with Gasteiger partial charge in [0.05, 0.1) is 17.4 Å². The molecule has 1 heterocycles. The van der Waals surface area contributed by atoms with E-state index in [4.69, 9.17) is 5.26 Å². The fourth-order valence-electron chi connectivity index (χ4n) is 1.31. The molecule has 2 nitrogen and oxygen atoms in total. The van der Waals surface area contributed by atoms with Crippen molar-refractivity contribution in [3.63, 3.8) is 0 Å². The molecule has 0 spiro atoms. The van der Waals surface area contributed by atoms with Gasteiger partial charge in [0.25, 0.3) is 0 Å². The summed E-state index contributed by atoms with van der Waals surface area (Å²) in [6, 6.07) is 10.4. The lowest BCUT2D eigenvalue weighted by Gasteiger charge is -1.96. The van der Waals surface area contributed by atoms with Gasteiger partial charge in [0.1, 0.15) is 5.01 Å². The van der Waals surface area contributed by atoms with Crippen molar-refractivity contribution in [3.8, 4) is 16.5 Å². The number of hydrogen-bond acceptors (Lipinski definition) is 3. The normalized spacial score (nSPS) is 9.87. The zero-order valence-electron chi connectivity index (χ0n) is 8.40. The summed E-state index contributed by atoms with van der Waals surface area (Å²) >= 11 is 1.58. The Bertz CT molecular complexity index is 491. The first-order valence-corrected chi connectivity index (χ1v) is 5.50. The van der Waals surface area contributed by atoms with Gasteiger partial charge in [-0.25, -0.2) is 4.98 Å². The van der Waals surface area contributed by atoms with E-state index in [-0.39, 0.29) is 0 Å². The second-order valence-corrected chi connectivity index (χ2v) is 4.43. The highest BCUT2D eigenvalue weighted by Gasteiger charge is 2.03. The Morgan fingerprint density at radius 1 is 1.33 bits per heavy atom. The Balaban J connectivity index is 2.30. The topological polar surface area (TPSA) is 36.7 Å². The van der Waals surface area contributed by atoms with Crippen LogP contribution in [0.4, 0.5) is 0 Å². The first-order valence-electron chi connectivity index (χ1n) is 4.68. The highest BCUT2D eigenvalue weighted by atomic mass is 32.1. The van der Waals surface area contributed by atoms with Gasteiger partial charge >= 0.3 is 0 Å². The average Bonchev–Trinajstić information content (AvgIpc) is 2.68. The Morgan fingerprint density at radius 3 is 2.73 bits per heavy atom. The number of hydrogen-bond donors (Lipinski definition) is 0. The first-order chi connectivity index (χ1) is 7.29. The van der Waals surface area contributed by atoms with Crippen molar-refractivity contribution in [2.24, 2.45) is 0 Å². The second kappa shape index (κ2) is 4.24. The molecule has 0 aliphatic carbocycles. The van der Waals surface area contributed by atoms with E-state index in [1.165, 1.54) is 11.1 Å². The third-order valence-corrected chi connectivity index (χ3v) is 3.17. The molecular weight excluding hydrogens is 204 g/mol. The van der Waals surface area contributed by atoms with Crippen molar-refractivity contribution in [3.05, 3.63) is 41.0 Å². The lowest BCUT2D eigenvalue weighted by atomic mass is 10.1. The Hall–Kier alpha value is -1.66. The number of aryl methyl sites for hydroxylation is 1. The molecule has 0 radical (unpaired) electrons. The maximum Gasteiger partial charge on any atom is 0.107 e. The molecule has 0 aliphatic heterocycles. The molecule has 0 fully saturated rings.